The van der Waals surface area contributed by atoms with Crippen molar-refractivity contribution in [3.05, 3.63) is 53.3 Å². The molecule has 3 aromatic heterocycles. The molecular formula is C31H39ClFN7O4S. The topological polar surface area (TPSA) is 140 Å². The maximum absolute atomic E-state index is 14.7. The predicted molar refractivity (Wildman–Crippen MR) is 168 cm³/mol. The molecule has 0 aromatic carbocycles. The average molecular weight is 660 g/mol. The van der Waals surface area contributed by atoms with Gasteiger partial charge in [0.25, 0.3) is 15.9 Å². The Morgan fingerprint density at radius 1 is 1.20 bits per heavy atom. The number of carbonyl (C=O) groups excluding carboxylic acids is 1. The number of pyridine rings is 2. The number of ether oxygens (including phenoxy) is 1. The fraction of sp³-hybridized carbons (Fsp3) is 0.548. The molecule has 1 spiro atoms. The molecule has 3 N–H and O–H groups in total. The lowest BCUT2D eigenvalue weighted by molar-refractivity contribution is 0.0981. The number of rotatable bonds is 13. The largest absolute Gasteiger partial charge is 0.477 e. The second kappa shape index (κ2) is 12.5. The van der Waals surface area contributed by atoms with E-state index in [2.05, 4.69) is 39.5 Å². The van der Waals surface area contributed by atoms with Crippen molar-refractivity contribution in [2.24, 2.45) is 17.3 Å². The Kier molecular flexibility index (Phi) is 8.79. The van der Waals surface area contributed by atoms with Gasteiger partial charge in [0.05, 0.1) is 12.2 Å². The van der Waals surface area contributed by atoms with E-state index in [0.717, 1.165) is 25.3 Å². The summed E-state index contributed by atoms with van der Waals surface area (Å²) in [6.45, 7) is 5.54. The monoisotopic (exact) mass is 659 g/mol. The number of anilines is 1. The van der Waals surface area contributed by atoms with Gasteiger partial charge in [-0.3, -0.25) is 4.79 Å². The zero-order valence-corrected chi connectivity index (χ0v) is 27.0. The Hall–Kier alpha value is -3.29. The van der Waals surface area contributed by atoms with Crippen molar-refractivity contribution in [3.63, 3.8) is 0 Å². The first kappa shape index (κ1) is 31.7. The predicted octanol–water partition coefficient (Wildman–Crippen LogP) is 4.92. The molecule has 2 saturated carbocycles. The summed E-state index contributed by atoms with van der Waals surface area (Å²) in [5.74, 6) is 1.00. The highest BCUT2D eigenvalue weighted by molar-refractivity contribution is 7.90. The third kappa shape index (κ3) is 7.41. The van der Waals surface area contributed by atoms with Crippen LogP contribution in [0, 0.1) is 17.3 Å². The highest BCUT2D eigenvalue weighted by atomic mass is 35.5. The molecular weight excluding hydrogens is 621 g/mol. The van der Waals surface area contributed by atoms with Crippen LogP contribution in [0.3, 0.4) is 0 Å². The molecule has 3 aromatic rings. The Balaban J connectivity index is 1.02. The van der Waals surface area contributed by atoms with Gasteiger partial charge in [-0.05, 0) is 107 Å². The maximum Gasteiger partial charge on any atom is 0.281 e. The van der Waals surface area contributed by atoms with Gasteiger partial charge in [0.2, 0.25) is 5.88 Å². The van der Waals surface area contributed by atoms with Gasteiger partial charge in [-0.25, -0.2) is 23.8 Å². The quantitative estimate of drug-likeness (QED) is 0.218. The van der Waals surface area contributed by atoms with E-state index in [0.29, 0.717) is 30.1 Å². The summed E-state index contributed by atoms with van der Waals surface area (Å²) in [7, 11) is -4.37. The first-order valence-corrected chi connectivity index (χ1v) is 17.3. The molecule has 4 heterocycles. The zero-order valence-electron chi connectivity index (χ0n) is 25.4. The molecule has 1 aliphatic heterocycles. The van der Waals surface area contributed by atoms with Crippen LogP contribution < -0.4 is 20.1 Å². The third-order valence-electron chi connectivity index (χ3n) is 9.33. The standard InChI is InChI=1S/C31H39ClFN7O4S/c1-30(2)17-20(18-35-30)16-22(33)19-34-24-4-3-5-27(36-24)45(42,43)39-29(41)23-6-7-25(37-28(23)32)40-14-9-26(38-40)44-15-10-21-8-11-31(21)12-13-31/h3-7,9,14,20-22,35H,8,10-13,15-19H2,1-2H3,(H,34,36)(H,39,41). The minimum atomic E-state index is -4.37. The van der Waals surface area contributed by atoms with E-state index in [-0.39, 0.29) is 34.5 Å². The highest BCUT2D eigenvalue weighted by Crippen LogP contribution is 2.65. The molecule has 1 saturated heterocycles. The molecule has 11 nitrogen and oxygen atoms in total. The Bertz CT molecular complexity index is 1660. The second-order valence-corrected chi connectivity index (χ2v) is 15.2. The summed E-state index contributed by atoms with van der Waals surface area (Å²) in [5, 5.41) is 10.0. The number of alkyl halides is 1. The van der Waals surface area contributed by atoms with Crippen LogP contribution >= 0.6 is 11.6 Å². The SMILES string of the molecule is CC1(C)CC(CC(F)CNc2cccc(S(=O)(=O)NC(=O)c3ccc(-n4ccc(OCCC5CCC56CC6)n4)nc3Cl)n2)CN1. The Morgan fingerprint density at radius 2 is 2.02 bits per heavy atom. The number of nitrogens with one attached hydrogen (secondary N) is 3. The lowest BCUT2D eigenvalue weighted by Crippen LogP contribution is -2.31. The molecule has 1 amide bonds. The lowest BCUT2D eigenvalue weighted by Gasteiger charge is -2.37. The van der Waals surface area contributed by atoms with E-state index < -0.39 is 27.1 Å². The smallest absolute Gasteiger partial charge is 0.281 e. The van der Waals surface area contributed by atoms with Crippen LogP contribution in [0.25, 0.3) is 5.82 Å². The molecule has 3 aliphatic rings. The van der Waals surface area contributed by atoms with E-state index in [9.17, 15) is 17.6 Å². The van der Waals surface area contributed by atoms with Crippen LogP contribution in [0.15, 0.2) is 47.6 Å². The van der Waals surface area contributed by atoms with Crippen molar-refractivity contribution in [3.8, 4) is 11.7 Å². The number of halogens is 2. The van der Waals surface area contributed by atoms with E-state index >= 15 is 0 Å². The van der Waals surface area contributed by atoms with Crippen molar-refractivity contribution in [2.75, 3.05) is 25.0 Å². The van der Waals surface area contributed by atoms with Gasteiger partial charge in [-0.2, -0.15) is 8.42 Å². The van der Waals surface area contributed by atoms with E-state index in [1.165, 1.54) is 60.7 Å². The third-order valence-corrected chi connectivity index (χ3v) is 10.9. The number of amides is 1. The number of aromatic nitrogens is 4. The molecule has 2 aliphatic carbocycles. The van der Waals surface area contributed by atoms with Gasteiger partial charge >= 0.3 is 0 Å². The van der Waals surface area contributed by atoms with Crippen LogP contribution in [0.2, 0.25) is 5.15 Å². The van der Waals surface area contributed by atoms with Crippen LogP contribution in [0.5, 0.6) is 5.88 Å². The summed E-state index contributed by atoms with van der Waals surface area (Å²) in [5.41, 5.74) is 0.474. The number of carbonyl (C=O) groups is 1. The molecule has 3 unspecified atom stereocenters. The van der Waals surface area contributed by atoms with Crippen molar-refractivity contribution < 1.29 is 22.3 Å². The van der Waals surface area contributed by atoms with Gasteiger partial charge in [-0.15, -0.1) is 5.10 Å². The first-order chi connectivity index (χ1) is 21.4. The van der Waals surface area contributed by atoms with Crippen molar-refractivity contribution in [1.82, 2.24) is 29.8 Å². The fourth-order valence-electron chi connectivity index (χ4n) is 6.57. The molecule has 45 heavy (non-hydrogen) atoms. The van der Waals surface area contributed by atoms with Gasteiger partial charge < -0.3 is 15.4 Å². The van der Waals surface area contributed by atoms with Crippen molar-refractivity contribution in [1.29, 1.82) is 0 Å². The summed E-state index contributed by atoms with van der Waals surface area (Å²) < 4.78 is 49.9. The number of nitrogens with zero attached hydrogens (tertiary/aromatic N) is 4. The van der Waals surface area contributed by atoms with Crippen LogP contribution in [-0.4, -0.2) is 65.5 Å². The van der Waals surface area contributed by atoms with E-state index in [1.54, 1.807) is 12.3 Å². The van der Waals surface area contributed by atoms with E-state index in [4.69, 9.17) is 16.3 Å². The summed E-state index contributed by atoms with van der Waals surface area (Å²) >= 11 is 6.30. The summed E-state index contributed by atoms with van der Waals surface area (Å²) in [4.78, 5) is 21.2. The normalized spacial score (nSPS) is 22.0. The minimum Gasteiger partial charge on any atom is -0.477 e. The highest BCUT2D eigenvalue weighted by Gasteiger charge is 2.54. The lowest BCUT2D eigenvalue weighted by atomic mass is 9.69. The molecule has 3 atom stereocenters. The number of hydrogen-bond donors (Lipinski definition) is 3. The molecule has 0 bridgehead atoms. The zero-order chi connectivity index (χ0) is 31.8. The molecule has 6 rings (SSSR count). The van der Waals surface area contributed by atoms with Crippen LogP contribution in [0.1, 0.15) is 69.2 Å². The molecule has 3 fully saturated rings. The summed E-state index contributed by atoms with van der Waals surface area (Å²) in [6.07, 6.45) is 8.17. The van der Waals surface area contributed by atoms with E-state index in [1.807, 2.05) is 4.72 Å². The average Bonchev–Trinajstić information content (AvgIpc) is 3.59. The minimum absolute atomic E-state index is 0.00162. The molecule has 0 radical (unpaired) electrons. The van der Waals surface area contributed by atoms with Crippen molar-refractivity contribution >= 4 is 33.3 Å². The number of hydrogen-bond acceptors (Lipinski definition) is 9. The van der Waals surface area contributed by atoms with Crippen LogP contribution in [0.4, 0.5) is 10.2 Å². The second-order valence-electron chi connectivity index (χ2n) is 13.2. The Morgan fingerprint density at radius 3 is 2.71 bits per heavy atom. The molecule has 14 heteroatoms. The first-order valence-electron chi connectivity index (χ1n) is 15.4. The van der Waals surface area contributed by atoms with Gasteiger partial charge in [0.15, 0.2) is 10.8 Å². The van der Waals surface area contributed by atoms with Gasteiger partial charge in [0, 0.05) is 24.3 Å². The van der Waals surface area contributed by atoms with Crippen molar-refractivity contribution in [2.45, 2.75) is 75.5 Å². The maximum atomic E-state index is 14.7. The van der Waals surface area contributed by atoms with Gasteiger partial charge in [0.1, 0.15) is 17.1 Å². The fourth-order valence-corrected chi connectivity index (χ4v) is 7.74. The molecule has 242 valence electrons. The van der Waals surface area contributed by atoms with Gasteiger partial charge in [-0.1, -0.05) is 17.7 Å². The Labute approximate surface area is 267 Å². The van der Waals surface area contributed by atoms with Crippen LogP contribution in [-0.2, 0) is 10.0 Å². The summed E-state index contributed by atoms with van der Waals surface area (Å²) in [6, 6.07) is 8.86. The number of sulfonamides is 1.